The first-order chi connectivity index (χ1) is 9.81. The molecule has 0 bridgehead atoms. The Labute approximate surface area is 118 Å². The normalized spacial score (nSPS) is 18.5. The maximum Gasteiger partial charge on any atom is 0.257 e. The van der Waals surface area contributed by atoms with Crippen molar-refractivity contribution in [3.63, 3.8) is 0 Å². The quantitative estimate of drug-likeness (QED) is 0.909. The SMILES string of the molecule is CCC1CCCN1c1nc(NC)nc(-n2cccn2)n1. The van der Waals surface area contributed by atoms with Crippen LogP contribution in [0.4, 0.5) is 11.9 Å². The van der Waals surface area contributed by atoms with E-state index in [0.717, 1.165) is 18.9 Å². The van der Waals surface area contributed by atoms with Crippen molar-refractivity contribution < 1.29 is 0 Å². The maximum absolute atomic E-state index is 4.57. The van der Waals surface area contributed by atoms with Gasteiger partial charge in [-0.3, -0.25) is 0 Å². The molecule has 1 atom stereocenters. The Morgan fingerprint density at radius 2 is 2.15 bits per heavy atom. The zero-order valence-corrected chi connectivity index (χ0v) is 11.8. The maximum atomic E-state index is 4.57. The minimum Gasteiger partial charge on any atom is -0.357 e. The van der Waals surface area contributed by atoms with Gasteiger partial charge in [0.1, 0.15) is 0 Å². The molecule has 0 spiro atoms. The molecular weight excluding hydrogens is 254 g/mol. The van der Waals surface area contributed by atoms with Gasteiger partial charge in [0.15, 0.2) is 0 Å². The minimum atomic E-state index is 0.521. The molecule has 1 N–H and O–H groups in total. The summed E-state index contributed by atoms with van der Waals surface area (Å²) in [6.45, 7) is 3.21. The van der Waals surface area contributed by atoms with E-state index in [-0.39, 0.29) is 0 Å². The molecule has 1 saturated heterocycles. The van der Waals surface area contributed by atoms with Crippen LogP contribution in [0, 0.1) is 0 Å². The first-order valence-electron chi connectivity index (χ1n) is 7.02. The lowest BCUT2D eigenvalue weighted by Crippen LogP contribution is -2.31. The Morgan fingerprint density at radius 3 is 2.85 bits per heavy atom. The molecule has 20 heavy (non-hydrogen) atoms. The summed E-state index contributed by atoms with van der Waals surface area (Å²) < 4.78 is 1.66. The summed E-state index contributed by atoms with van der Waals surface area (Å²) in [7, 11) is 1.81. The highest BCUT2D eigenvalue weighted by Gasteiger charge is 2.26. The second-order valence-electron chi connectivity index (χ2n) is 4.86. The molecule has 1 fully saturated rings. The lowest BCUT2D eigenvalue weighted by Gasteiger charge is -2.23. The number of anilines is 2. The smallest absolute Gasteiger partial charge is 0.257 e. The van der Waals surface area contributed by atoms with Gasteiger partial charge in [0.2, 0.25) is 11.9 Å². The monoisotopic (exact) mass is 273 g/mol. The van der Waals surface area contributed by atoms with Crippen molar-refractivity contribution in [3.8, 4) is 5.95 Å². The fraction of sp³-hybridized carbons (Fsp3) is 0.538. The van der Waals surface area contributed by atoms with Crippen LogP contribution in [0.5, 0.6) is 0 Å². The Morgan fingerprint density at radius 1 is 1.30 bits per heavy atom. The van der Waals surface area contributed by atoms with Crippen LogP contribution in [0.3, 0.4) is 0 Å². The van der Waals surface area contributed by atoms with Gasteiger partial charge in [-0.15, -0.1) is 0 Å². The van der Waals surface area contributed by atoms with Gasteiger partial charge in [0, 0.05) is 32.0 Å². The number of aromatic nitrogens is 5. The average Bonchev–Trinajstić information content (AvgIpc) is 3.17. The van der Waals surface area contributed by atoms with Gasteiger partial charge in [-0.1, -0.05) is 6.92 Å². The highest BCUT2D eigenvalue weighted by atomic mass is 15.4. The summed E-state index contributed by atoms with van der Waals surface area (Å²) in [5.41, 5.74) is 0. The predicted molar refractivity (Wildman–Crippen MR) is 77.2 cm³/mol. The summed E-state index contributed by atoms with van der Waals surface area (Å²) in [6.07, 6.45) is 7.05. The van der Waals surface area contributed by atoms with Gasteiger partial charge in [-0.05, 0) is 25.3 Å². The molecule has 3 heterocycles. The fourth-order valence-electron chi connectivity index (χ4n) is 2.61. The van der Waals surface area contributed by atoms with Crippen LogP contribution in [0.2, 0.25) is 0 Å². The molecular formula is C13H19N7. The van der Waals surface area contributed by atoms with Crippen molar-refractivity contribution in [1.82, 2.24) is 24.7 Å². The Bertz CT molecular complexity index is 566. The van der Waals surface area contributed by atoms with E-state index in [2.05, 4.69) is 37.2 Å². The topological polar surface area (TPSA) is 71.8 Å². The third kappa shape index (κ3) is 2.31. The van der Waals surface area contributed by atoms with E-state index in [0.29, 0.717) is 17.9 Å². The second kappa shape index (κ2) is 5.44. The van der Waals surface area contributed by atoms with Gasteiger partial charge in [-0.25, -0.2) is 4.68 Å². The molecule has 7 nitrogen and oxygen atoms in total. The molecule has 2 aromatic heterocycles. The summed E-state index contributed by atoms with van der Waals surface area (Å²) in [5, 5.41) is 7.18. The van der Waals surface area contributed by atoms with Crippen molar-refractivity contribution in [2.75, 3.05) is 23.8 Å². The van der Waals surface area contributed by atoms with Gasteiger partial charge >= 0.3 is 0 Å². The Kier molecular flexibility index (Phi) is 3.49. The van der Waals surface area contributed by atoms with Gasteiger partial charge in [-0.2, -0.15) is 20.1 Å². The molecule has 0 aliphatic carbocycles. The highest BCUT2D eigenvalue weighted by molar-refractivity contribution is 5.41. The number of nitrogens with zero attached hydrogens (tertiary/aromatic N) is 6. The summed E-state index contributed by atoms with van der Waals surface area (Å²) in [5.74, 6) is 1.85. The number of nitrogens with one attached hydrogen (secondary N) is 1. The van der Waals surface area contributed by atoms with Crippen molar-refractivity contribution in [2.24, 2.45) is 0 Å². The molecule has 0 aromatic carbocycles. The third-order valence-corrected chi connectivity index (χ3v) is 3.65. The molecule has 1 unspecified atom stereocenters. The first-order valence-corrected chi connectivity index (χ1v) is 7.02. The summed E-state index contributed by atoms with van der Waals surface area (Å²) in [6, 6.07) is 2.38. The highest BCUT2D eigenvalue weighted by Crippen LogP contribution is 2.25. The zero-order valence-electron chi connectivity index (χ0n) is 11.8. The molecule has 1 aliphatic rings. The summed E-state index contributed by atoms with van der Waals surface area (Å²) in [4.78, 5) is 15.7. The Hall–Kier alpha value is -2.18. The minimum absolute atomic E-state index is 0.521. The van der Waals surface area contributed by atoms with Crippen LogP contribution < -0.4 is 10.2 Å². The van der Waals surface area contributed by atoms with Crippen LogP contribution in [0.25, 0.3) is 5.95 Å². The van der Waals surface area contributed by atoms with Gasteiger partial charge < -0.3 is 10.2 Å². The molecule has 0 amide bonds. The zero-order chi connectivity index (χ0) is 13.9. The average molecular weight is 273 g/mol. The van der Waals surface area contributed by atoms with E-state index in [1.807, 2.05) is 19.3 Å². The number of hydrogen-bond acceptors (Lipinski definition) is 6. The third-order valence-electron chi connectivity index (χ3n) is 3.65. The van der Waals surface area contributed by atoms with E-state index in [9.17, 15) is 0 Å². The molecule has 3 rings (SSSR count). The lowest BCUT2D eigenvalue weighted by atomic mass is 10.2. The number of hydrogen-bond donors (Lipinski definition) is 1. The van der Waals surface area contributed by atoms with Crippen molar-refractivity contribution in [2.45, 2.75) is 32.2 Å². The predicted octanol–water partition coefficient (Wildman–Crippen LogP) is 1.48. The van der Waals surface area contributed by atoms with Gasteiger partial charge in [0.05, 0.1) is 0 Å². The van der Waals surface area contributed by atoms with Crippen LogP contribution in [0.15, 0.2) is 18.5 Å². The van der Waals surface area contributed by atoms with Crippen LogP contribution in [-0.2, 0) is 0 Å². The van der Waals surface area contributed by atoms with E-state index < -0.39 is 0 Å². The molecule has 2 aromatic rings. The van der Waals surface area contributed by atoms with Crippen LogP contribution in [-0.4, -0.2) is 44.4 Å². The summed E-state index contributed by atoms with van der Waals surface area (Å²) >= 11 is 0. The first kappa shape index (κ1) is 12.8. The molecule has 1 aliphatic heterocycles. The van der Waals surface area contributed by atoms with E-state index in [4.69, 9.17) is 0 Å². The van der Waals surface area contributed by atoms with E-state index >= 15 is 0 Å². The fourth-order valence-corrected chi connectivity index (χ4v) is 2.61. The standard InChI is InChI=1S/C13H19N7/c1-3-10-6-4-8-19(10)12-16-11(14-2)17-13(18-12)20-9-5-7-15-20/h5,7,9-10H,3-4,6,8H2,1-2H3,(H,14,16,17,18). The van der Waals surface area contributed by atoms with Crippen LogP contribution >= 0.6 is 0 Å². The van der Waals surface area contributed by atoms with Crippen molar-refractivity contribution in [1.29, 1.82) is 0 Å². The largest absolute Gasteiger partial charge is 0.357 e. The van der Waals surface area contributed by atoms with Crippen molar-refractivity contribution >= 4 is 11.9 Å². The Balaban J connectivity index is 2.00. The molecule has 0 saturated carbocycles. The van der Waals surface area contributed by atoms with E-state index in [1.54, 1.807) is 10.9 Å². The molecule has 106 valence electrons. The molecule has 7 heteroatoms. The number of rotatable bonds is 4. The van der Waals surface area contributed by atoms with Crippen LogP contribution in [0.1, 0.15) is 26.2 Å². The van der Waals surface area contributed by atoms with E-state index in [1.165, 1.54) is 12.8 Å². The van der Waals surface area contributed by atoms with Crippen molar-refractivity contribution in [3.05, 3.63) is 18.5 Å². The van der Waals surface area contributed by atoms with Gasteiger partial charge in [0.25, 0.3) is 5.95 Å². The second-order valence-corrected chi connectivity index (χ2v) is 4.86. The molecule has 0 radical (unpaired) electrons. The lowest BCUT2D eigenvalue weighted by molar-refractivity contribution is 0.630.